The third-order valence-corrected chi connectivity index (χ3v) is 4.08. The van der Waals surface area contributed by atoms with Gasteiger partial charge in [0, 0.05) is 23.9 Å². The third-order valence-electron chi connectivity index (χ3n) is 4.08. The zero-order valence-electron chi connectivity index (χ0n) is 14.2. The lowest BCUT2D eigenvalue weighted by Gasteiger charge is -2.06. The number of likely N-dealkylation sites (tertiary alicyclic amines) is 1. The van der Waals surface area contributed by atoms with Crippen molar-refractivity contribution in [1.29, 1.82) is 5.26 Å². The number of hydrogen-bond acceptors (Lipinski definition) is 5. The standard InChI is InChI=1S/C20H19N5O/c21-10-17-12-25(14-22)13-19(17)24-18-8-4-7-16(9-18)20(26)23-11-15-5-2-1-3-6-15/h1-10H,11-13,21H2,(H,23,26). The van der Waals surface area contributed by atoms with Gasteiger partial charge in [-0.15, -0.1) is 0 Å². The summed E-state index contributed by atoms with van der Waals surface area (Å²) in [5, 5.41) is 11.9. The molecule has 6 nitrogen and oxygen atoms in total. The summed E-state index contributed by atoms with van der Waals surface area (Å²) in [6.45, 7) is 1.35. The SMILES string of the molecule is N#CN1CC(=CN)C(=Nc2cccc(C(=O)NCc3ccccc3)c2)C1. The molecule has 130 valence electrons. The first-order chi connectivity index (χ1) is 12.7. The second-order valence-electron chi connectivity index (χ2n) is 5.93. The molecular formula is C20H19N5O. The first-order valence-corrected chi connectivity index (χ1v) is 8.25. The van der Waals surface area contributed by atoms with Crippen molar-refractivity contribution < 1.29 is 4.79 Å². The second-order valence-corrected chi connectivity index (χ2v) is 5.93. The highest BCUT2D eigenvalue weighted by Crippen LogP contribution is 2.19. The van der Waals surface area contributed by atoms with Crippen molar-refractivity contribution in [3.8, 4) is 6.19 Å². The molecule has 0 aliphatic carbocycles. The molecular weight excluding hydrogens is 326 g/mol. The van der Waals surface area contributed by atoms with Crippen LogP contribution in [0.1, 0.15) is 15.9 Å². The van der Waals surface area contributed by atoms with Crippen LogP contribution in [-0.2, 0) is 6.54 Å². The number of nitrogens with two attached hydrogens (primary N) is 1. The van der Waals surface area contributed by atoms with E-state index in [1.807, 2.05) is 36.4 Å². The van der Waals surface area contributed by atoms with Gasteiger partial charge in [-0.3, -0.25) is 9.79 Å². The molecule has 1 aliphatic rings. The van der Waals surface area contributed by atoms with Gasteiger partial charge in [-0.25, -0.2) is 0 Å². The van der Waals surface area contributed by atoms with Crippen molar-refractivity contribution in [1.82, 2.24) is 10.2 Å². The summed E-state index contributed by atoms with van der Waals surface area (Å²) in [6, 6.07) is 16.8. The summed E-state index contributed by atoms with van der Waals surface area (Å²) in [7, 11) is 0. The second kappa shape index (κ2) is 7.99. The van der Waals surface area contributed by atoms with Crippen LogP contribution in [0.4, 0.5) is 5.69 Å². The molecule has 26 heavy (non-hydrogen) atoms. The van der Waals surface area contributed by atoms with E-state index >= 15 is 0 Å². The quantitative estimate of drug-likeness (QED) is 0.832. The van der Waals surface area contributed by atoms with Gasteiger partial charge in [0.25, 0.3) is 5.91 Å². The van der Waals surface area contributed by atoms with Crippen molar-refractivity contribution in [3.05, 3.63) is 77.5 Å². The van der Waals surface area contributed by atoms with Crippen molar-refractivity contribution in [2.24, 2.45) is 10.7 Å². The van der Waals surface area contributed by atoms with Gasteiger partial charge in [0.1, 0.15) is 0 Å². The number of nitrogens with zero attached hydrogens (tertiary/aromatic N) is 3. The Morgan fingerprint density at radius 2 is 2.04 bits per heavy atom. The van der Waals surface area contributed by atoms with E-state index in [9.17, 15) is 4.79 Å². The Labute approximate surface area is 152 Å². The summed E-state index contributed by atoms with van der Waals surface area (Å²) in [5.74, 6) is -0.157. The molecule has 3 N–H and O–H groups in total. The van der Waals surface area contributed by atoms with E-state index in [1.165, 1.54) is 6.20 Å². The smallest absolute Gasteiger partial charge is 0.251 e. The normalized spacial score (nSPS) is 16.7. The van der Waals surface area contributed by atoms with Gasteiger partial charge in [-0.2, -0.15) is 5.26 Å². The van der Waals surface area contributed by atoms with Gasteiger partial charge in [0.2, 0.25) is 0 Å². The fraction of sp³-hybridized carbons (Fsp3) is 0.150. The Kier molecular flexibility index (Phi) is 5.30. The molecule has 1 amide bonds. The monoisotopic (exact) mass is 345 g/mol. The molecule has 0 spiro atoms. The maximum absolute atomic E-state index is 12.4. The zero-order valence-corrected chi connectivity index (χ0v) is 14.2. The molecule has 6 heteroatoms. The lowest BCUT2D eigenvalue weighted by atomic mass is 10.1. The summed E-state index contributed by atoms with van der Waals surface area (Å²) in [6.07, 6.45) is 3.58. The molecule has 1 aliphatic heterocycles. The first kappa shape index (κ1) is 17.2. The molecule has 2 aromatic carbocycles. The molecule has 3 rings (SSSR count). The fourth-order valence-electron chi connectivity index (χ4n) is 2.71. The molecule has 1 fully saturated rings. The van der Waals surface area contributed by atoms with Crippen LogP contribution in [0.5, 0.6) is 0 Å². The number of carbonyl (C=O) groups excluding carboxylic acids is 1. The number of aliphatic imine (C=N–C) groups is 1. The minimum absolute atomic E-state index is 0.157. The van der Waals surface area contributed by atoms with E-state index in [4.69, 9.17) is 11.0 Å². The first-order valence-electron chi connectivity index (χ1n) is 8.25. The largest absolute Gasteiger partial charge is 0.404 e. The van der Waals surface area contributed by atoms with E-state index in [2.05, 4.69) is 16.5 Å². The van der Waals surface area contributed by atoms with Crippen LogP contribution in [-0.4, -0.2) is 29.6 Å². The molecule has 0 unspecified atom stereocenters. The Hall–Kier alpha value is -3.59. The van der Waals surface area contributed by atoms with E-state index in [1.54, 1.807) is 23.1 Å². The lowest BCUT2D eigenvalue weighted by molar-refractivity contribution is 0.0951. The number of hydrogen-bond donors (Lipinski definition) is 2. The van der Waals surface area contributed by atoms with Gasteiger partial charge in [-0.05, 0) is 23.8 Å². The summed E-state index contributed by atoms with van der Waals surface area (Å²) < 4.78 is 0. The summed E-state index contributed by atoms with van der Waals surface area (Å²) in [5.41, 5.74) is 9.43. The number of nitriles is 1. The highest BCUT2D eigenvalue weighted by Gasteiger charge is 2.22. The number of nitrogens with one attached hydrogen (secondary N) is 1. The van der Waals surface area contributed by atoms with Gasteiger partial charge in [0.15, 0.2) is 6.19 Å². The molecule has 0 atom stereocenters. The minimum Gasteiger partial charge on any atom is -0.404 e. The maximum Gasteiger partial charge on any atom is 0.251 e. The minimum atomic E-state index is -0.157. The maximum atomic E-state index is 12.4. The molecule has 0 radical (unpaired) electrons. The average Bonchev–Trinajstić information content (AvgIpc) is 3.09. The van der Waals surface area contributed by atoms with E-state index < -0.39 is 0 Å². The third kappa shape index (κ3) is 4.08. The highest BCUT2D eigenvalue weighted by molar-refractivity contribution is 6.05. The van der Waals surface area contributed by atoms with E-state index in [0.29, 0.717) is 30.9 Å². The van der Waals surface area contributed by atoms with Crippen molar-refractivity contribution >= 4 is 17.3 Å². The Morgan fingerprint density at radius 3 is 2.77 bits per heavy atom. The van der Waals surface area contributed by atoms with Gasteiger partial charge in [-0.1, -0.05) is 36.4 Å². The number of carbonyl (C=O) groups is 1. The van der Waals surface area contributed by atoms with Crippen molar-refractivity contribution in [2.75, 3.05) is 13.1 Å². The Bertz CT molecular complexity index is 896. The number of benzene rings is 2. The molecule has 0 aromatic heterocycles. The predicted molar refractivity (Wildman–Crippen MR) is 101 cm³/mol. The van der Waals surface area contributed by atoms with Crippen LogP contribution in [0.3, 0.4) is 0 Å². The van der Waals surface area contributed by atoms with Crippen molar-refractivity contribution in [3.63, 3.8) is 0 Å². The van der Waals surface area contributed by atoms with Crippen LogP contribution >= 0.6 is 0 Å². The van der Waals surface area contributed by atoms with E-state index in [-0.39, 0.29) is 5.91 Å². The molecule has 1 heterocycles. The molecule has 1 saturated heterocycles. The summed E-state index contributed by atoms with van der Waals surface area (Å²) in [4.78, 5) is 18.5. The van der Waals surface area contributed by atoms with Gasteiger partial charge < -0.3 is 16.0 Å². The molecule has 0 saturated carbocycles. The van der Waals surface area contributed by atoms with Crippen LogP contribution < -0.4 is 11.1 Å². The Morgan fingerprint density at radius 1 is 1.23 bits per heavy atom. The number of rotatable bonds is 4. The zero-order chi connectivity index (χ0) is 18.4. The predicted octanol–water partition coefficient (Wildman–Crippen LogP) is 2.33. The van der Waals surface area contributed by atoms with E-state index in [0.717, 1.165) is 16.8 Å². The van der Waals surface area contributed by atoms with Crippen LogP contribution in [0, 0.1) is 11.5 Å². The lowest BCUT2D eigenvalue weighted by Crippen LogP contribution is -2.22. The number of amides is 1. The molecule has 0 bridgehead atoms. The van der Waals surface area contributed by atoms with Gasteiger partial charge in [0.05, 0.1) is 24.5 Å². The summed E-state index contributed by atoms with van der Waals surface area (Å²) >= 11 is 0. The van der Waals surface area contributed by atoms with Gasteiger partial charge >= 0.3 is 0 Å². The van der Waals surface area contributed by atoms with Crippen LogP contribution in [0.2, 0.25) is 0 Å². The average molecular weight is 345 g/mol. The topological polar surface area (TPSA) is 94.5 Å². The van der Waals surface area contributed by atoms with Crippen LogP contribution in [0.25, 0.3) is 0 Å². The molecule has 2 aromatic rings. The fourth-order valence-corrected chi connectivity index (χ4v) is 2.71. The van der Waals surface area contributed by atoms with Crippen molar-refractivity contribution in [2.45, 2.75) is 6.54 Å². The Balaban J connectivity index is 1.73. The van der Waals surface area contributed by atoms with Crippen LogP contribution in [0.15, 0.2) is 71.4 Å². The highest BCUT2D eigenvalue weighted by atomic mass is 16.1.